The van der Waals surface area contributed by atoms with E-state index in [1.165, 1.54) is 11.3 Å². The molecule has 0 spiro atoms. The van der Waals surface area contributed by atoms with Crippen LogP contribution in [0.3, 0.4) is 0 Å². The number of pyridine rings is 1. The molecule has 4 aromatic rings. The van der Waals surface area contributed by atoms with Crippen LogP contribution in [-0.2, 0) is 4.79 Å². The number of aromatic nitrogens is 3. The molecule has 8 heteroatoms. The minimum Gasteiger partial charge on any atom is -0.351 e. The van der Waals surface area contributed by atoms with E-state index in [2.05, 4.69) is 20.6 Å². The summed E-state index contributed by atoms with van der Waals surface area (Å²) in [5.41, 5.74) is 2.46. The lowest BCUT2D eigenvalue weighted by atomic mass is 10.3. The van der Waals surface area contributed by atoms with Crippen molar-refractivity contribution < 1.29 is 9.59 Å². The molecule has 0 unspecified atom stereocenters. The second-order valence-corrected chi connectivity index (χ2v) is 6.99. The fourth-order valence-corrected chi connectivity index (χ4v) is 3.39. The normalized spacial score (nSPS) is 10.7. The Morgan fingerprint density at radius 3 is 2.71 bits per heavy atom. The Hall–Kier alpha value is -3.52. The number of nitrogens with zero attached hydrogens (tertiary/aromatic N) is 3. The smallest absolute Gasteiger partial charge is 0.261 e. The zero-order chi connectivity index (χ0) is 19.3. The molecule has 0 aliphatic carbocycles. The van der Waals surface area contributed by atoms with Crippen molar-refractivity contribution in [2.45, 2.75) is 6.42 Å². The van der Waals surface area contributed by atoms with E-state index in [1.54, 1.807) is 24.7 Å². The minimum atomic E-state index is -0.186. The van der Waals surface area contributed by atoms with E-state index < -0.39 is 0 Å². The van der Waals surface area contributed by atoms with Crippen LogP contribution >= 0.6 is 11.3 Å². The summed E-state index contributed by atoms with van der Waals surface area (Å²) in [5.74, 6) is 0.366. The van der Waals surface area contributed by atoms with Crippen molar-refractivity contribution in [2.75, 3.05) is 11.9 Å². The predicted molar refractivity (Wildman–Crippen MR) is 109 cm³/mol. The number of thiophene rings is 1. The Balaban J connectivity index is 1.33. The molecule has 4 rings (SSSR count). The van der Waals surface area contributed by atoms with Crippen molar-refractivity contribution >= 4 is 39.9 Å². The molecule has 0 atom stereocenters. The molecular weight excluding hydrogens is 374 g/mol. The van der Waals surface area contributed by atoms with Crippen molar-refractivity contribution in [3.8, 4) is 5.82 Å². The molecule has 2 N–H and O–H groups in total. The van der Waals surface area contributed by atoms with Crippen LogP contribution in [0.15, 0.2) is 66.4 Å². The van der Waals surface area contributed by atoms with Crippen LogP contribution in [0.4, 0.5) is 5.69 Å². The van der Waals surface area contributed by atoms with Gasteiger partial charge in [0.25, 0.3) is 5.91 Å². The zero-order valence-electron chi connectivity index (χ0n) is 14.8. The Labute approximate surface area is 165 Å². The summed E-state index contributed by atoms with van der Waals surface area (Å²) in [5, 5.41) is 7.35. The second kappa shape index (κ2) is 8.01. The molecule has 28 heavy (non-hydrogen) atoms. The van der Waals surface area contributed by atoms with Crippen molar-refractivity contribution in [2.24, 2.45) is 0 Å². The number of anilines is 1. The zero-order valence-corrected chi connectivity index (χ0v) is 15.6. The molecule has 0 aliphatic heterocycles. The maximum atomic E-state index is 12.1. The topological polar surface area (TPSA) is 88.9 Å². The van der Waals surface area contributed by atoms with Gasteiger partial charge in [0.05, 0.1) is 27.8 Å². The number of hydrogen-bond donors (Lipinski definition) is 2. The highest BCUT2D eigenvalue weighted by Gasteiger charge is 2.09. The molecule has 0 aliphatic rings. The van der Waals surface area contributed by atoms with Gasteiger partial charge in [0.2, 0.25) is 5.91 Å². The molecule has 0 radical (unpaired) electrons. The molecular formula is C20H17N5O2S. The third kappa shape index (κ3) is 3.91. The van der Waals surface area contributed by atoms with Crippen molar-refractivity contribution in [3.63, 3.8) is 0 Å². The van der Waals surface area contributed by atoms with Crippen LogP contribution in [0.5, 0.6) is 0 Å². The first-order valence-corrected chi connectivity index (χ1v) is 9.59. The molecule has 3 aromatic heterocycles. The monoisotopic (exact) mass is 391 g/mol. The Morgan fingerprint density at radius 2 is 1.93 bits per heavy atom. The standard InChI is InChI=1S/C20H17N5O2S/c26-19(9-10-21-20(27)17-6-3-11-28-17)24-14-7-8-18(22-12-14)25-13-23-15-4-1-2-5-16(15)25/h1-8,11-13H,9-10H2,(H,21,27)(H,24,26). The van der Waals surface area contributed by atoms with Gasteiger partial charge in [-0.2, -0.15) is 0 Å². The number of imidazole rings is 1. The molecule has 0 saturated carbocycles. The lowest BCUT2D eigenvalue weighted by Crippen LogP contribution is -2.27. The number of rotatable bonds is 6. The Kier molecular flexibility index (Phi) is 5.11. The first-order chi connectivity index (χ1) is 13.7. The van der Waals surface area contributed by atoms with E-state index in [0.717, 1.165) is 16.9 Å². The third-order valence-electron chi connectivity index (χ3n) is 4.11. The molecule has 140 valence electrons. The fourth-order valence-electron chi connectivity index (χ4n) is 2.75. The highest BCUT2D eigenvalue weighted by molar-refractivity contribution is 7.12. The highest BCUT2D eigenvalue weighted by Crippen LogP contribution is 2.17. The van der Waals surface area contributed by atoms with Crippen LogP contribution in [-0.4, -0.2) is 32.9 Å². The number of amides is 2. The molecule has 0 bridgehead atoms. The fraction of sp³-hybridized carbons (Fsp3) is 0.100. The SMILES string of the molecule is O=C(CCNC(=O)c1cccs1)Nc1ccc(-n2cnc3ccccc32)nc1. The first kappa shape index (κ1) is 17.9. The predicted octanol–water partition coefficient (Wildman–Crippen LogP) is 3.24. The quantitative estimate of drug-likeness (QED) is 0.528. The van der Waals surface area contributed by atoms with Crippen LogP contribution in [0.25, 0.3) is 16.9 Å². The van der Waals surface area contributed by atoms with E-state index in [-0.39, 0.29) is 24.8 Å². The van der Waals surface area contributed by atoms with Gasteiger partial charge in [-0.3, -0.25) is 14.2 Å². The maximum Gasteiger partial charge on any atom is 0.261 e. The number of carbonyl (C=O) groups excluding carboxylic acids is 2. The van der Waals surface area contributed by atoms with Crippen molar-refractivity contribution in [3.05, 3.63) is 71.3 Å². The summed E-state index contributed by atoms with van der Waals surface area (Å²) >= 11 is 1.37. The van der Waals surface area contributed by atoms with Gasteiger partial charge in [-0.05, 0) is 35.7 Å². The summed E-state index contributed by atoms with van der Waals surface area (Å²) in [6, 6.07) is 15.0. The van der Waals surface area contributed by atoms with Crippen molar-refractivity contribution in [1.82, 2.24) is 19.9 Å². The van der Waals surface area contributed by atoms with E-state index in [4.69, 9.17) is 0 Å². The lowest BCUT2D eigenvalue weighted by molar-refractivity contribution is -0.116. The van der Waals surface area contributed by atoms with Gasteiger partial charge in [-0.1, -0.05) is 18.2 Å². The summed E-state index contributed by atoms with van der Waals surface area (Å²) in [7, 11) is 0. The maximum absolute atomic E-state index is 12.1. The highest BCUT2D eigenvalue weighted by atomic mass is 32.1. The van der Waals surface area contributed by atoms with Gasteiger partial charge < -0.3 is 10.6 Å². The van der Waals surface area contributed by atoms with E-state index in [1.807, 2.05) is 46.3 Å². The van der Waals surface area contributed by atoms with Gasteiger partial charge in [0, 0.05) is 13.0 Å². The number of nitrogens with one attached hydrogen (secondary N) is 2. The van der Waals surface area contributed by atoms with Gasteiger partial charge in [-0.25, -0.2) is 9.97 Å². The van der Waals surface area contributed by atoms with Crippen LogP contribution in [0.1, 0.15) is 16.1 Å². The summed E-state index contributed by atoms with van der Waals surface area (Å²) in [4.78, 5) is 33.3. The molecule has 2 amide bonds. The summed E-state index contributed by atoms with van der Waals surface area (Å²) in [6.07, 6.45) is 3.51. The molecule has 1 aromatic carbocycles. The van der Waals surface area contributed by atoms with E-state index >= 15 is 0 Å². The molecule has 0 fully saturated rings. The number of para-hydroxylation sites is 2. The van der Waals surface area contributed by atoms with E-state index in [9.17, 15) is 9.59 Å². The van der Waals surface area contributed by atoms with Gasteiger partial charge in [0.15, 0.2) is 0 Å². The van der Waals surface area contributed by atoms with Crippen molar-refractivity contribution in [1.29, 1.82) is 0 Å². The van der Waals surface area contributed by atoms with Crippen LogP contribution in [0, 0.1) is 0 Å². The van der Waals surface area contributed by atoms with Crippen LogP contribution in [0.2, 0.25) is 0 Å². The Bertz CT molecular complexity index is 1100. The number of carbonyl (C=O) groups is 2. The second-order valence-electron chi connectivity index (χ2n) is 6.04. The minimum absolute atomic E-state index is 0.165. The third-order valence-corrected chi connectivity index (χ3v) is 4.98. The van der Waals surface area contributed by atoms with Gasteiger partial charge >= 0.3 is 0 Å². The van der Waals surface area contributed by atoms with Gasteiger partial charge in [-0.15, -0.1) is 11.3 Å². The van der Waals surface area contributed by atoms with E-state index in [0.29, 0.717) is 10.6 Å². The number of benzene rings is 1. The first-order valence-electron chi connectivity index (χ1n) is 8.71. The average molecular weight is 391 g/mol. The average Bonchev–Trinajstić information content (AvgIpc) is 3.39. The molecule has 3 heterocycles. The summed E-state index contributed by atoms with van der Waals surface area (Å²) < 4.78 is 1.89. The number of fused-ring (bicyclic) bond motifs is 1. The largest absolute Gasteiger partial charge is 0.351 e. The van der Waals surface area contributed by atoms with Crippen LogP contribution < -0.4 is 10.6 Å². The number of hydrogen-bond acceptors (Lipinski definition) is 5. The lowest BCUT2D eigenvalue weighted by Gasteiger charge is -2.08. The summed E-state index contributed by atoms with van der Waals surface area (Å²) in [6.45, 7) is 0.273. The Morgan fingerprint density at radius 1 is 1.04 bits per heavy atom. The van der Waals surface area contributed by atoms with Gasteiger partial charge in [0.1, 0.15) is 12.1 Å². The molecule has 0 saturated heterocycles. The molecule has 7 nitrogen and oxygen atoms in total.